The van der Waals surface area contributed by atoms with Crippen LogP contribution in [-0.2, 0) is 15.0 Å². The maximum absolute atomic E-state index is 13.1. The molecule has 1 amide bonds. The highest BCUT2D eigenvalue weighted by Crippen LogP contribution is 2.27. The van der Waals surface area contributed by atoms with Gasteiger partial charge in [0.05, 0.1) is 0 Å². The molecule has 126 valence electrons. The Morgan fingerprint density at radius 2 is 1.83 bits per heavy atom. The summed E-state index contributed by atoms with van der Waals surface area (Å²) in [6.45, 7) is 0.456. The first-order chi connectivity index (χ1) is 11.0. The second-order valence-electron chi connectivity index (χ2n) is 5.96. The predicted molar refractivity (Wildman–Crippen MR) is 83.2 cm³/mol. The summed E-state index contributed by atoms with van der Waals surface area (Å²) in [6.07, 6.45) is 3.66. The zero-order chi connectivity index (χ0) is 16.4. The number of rotatable bonds is 4. The number of carbonyl (C=O) groups excluding carboxylic acids is 1. The average Bonchev–Trinajstić information content (AvgIpc) is 3.00. The minimum Gasteiger partial charge on any atom is -0.353 e. The summed E-state index contributed by atoms with van der Waals surface area (Å²) in [6, 6.07) is 4.31. The van der Waals surface area contributed by atoms with Crippen LogP contribution in [0.2, 0.25) is 0 Å². The Kier molecular flexibility index (Phi) is 4.65. The van der Waals surface area contributed by atoms with Crippen molar-refractivity contribution in [3.05, 3.63) is 35.6 Å². The number of halogens is 1. The third-order valence-electron chi connectivity index (χ3n) is 4.33. The van der Waals surface area contributed by atoms with E-state index in [1.807, 2.05) is 0 Å². The van der Waals surface area contributed by atoms with E-state index in [1.165, 1.54) is 28.6 Å². The van der Waals surface area contributed by atoms with Crippen LogP contribution in [0.25, 0.3) is 0 Å². The first-order valence-electron chi connectivity index (χ1n) is 7.80. The van der Waals surface area contributed by atoms with Gasteiger partial charge in [-0.3, -0.25) is 4.79 Å². The van der Waals surface area contributed by atoms with Crippen LogP contribution in [-0.4, -0.2) is 37.8 Å². The molecule has 1 unspecified atom stereocenters. The molecule has 0 bridgehead atoms. The summed E-state index contributed by atoms with van der Waals surface area (Å²) in [7, 11) is -3.78. The Morgan fingerprint density at radius 1 is 1.17 bits per heavy atom. The number of nitrogens with one attached hydrogen (secondary N) is 2. The number of piperazine rings is 1. The fourth-order valence-electron chi connectivity index (χ4n) is 3.19. The van der Waals surface area contributed by atoms with Crippen molar-refractivity contribution in [2.75, 3.05) is 13.1 Å². The van der Waals surface area contributed by atoms with Crippen molar-refractivity contribution < 1.29 is 17.6 Å². The van der Waals surface area contributed by atoms with Crippen molar-refractivity contribution >= 4 is 16.1 Å². The van der Waals surface area contributed by atoms with E-state index < -0.39 is 22.1 Å². The van der Waals surface area contributed by atoms with Crippen LogP contribution in [0.1, 0.15) is 37.3 Å². The van der Waals surface area contributed by atoms with Crippen LogP contribution in [0.4, 0.5) is 4.39 Å². The number of hydrogen-bond donors (Lipinski definition) is 2. The molecule has 1 heterocycles. The molecule has 23 heavy (non-hydrogen) atoms. The fourth-order valence-corrected chi connectivity index (χ4v) is 4.81. The van der Waals surface area contributed by atoms with E-state index in [0.717, 1.165) is 25.7 Å². The molecular weight excluding hydrogens is 321 g/mol. The van der Waals surface area contributed by atoms with E-state index in [9.17, 15) is 17.6 Å². The quantitative estimate of drug-likeness (QED) is 0.860. The largest absolute Gasteiger partial charge is 0.353 e. The Balaban J connectivity index is 1.87. The molecule has 1 aromatic carbocycles. The first-order valence-corrected chi connectivity index (χ1v) is 9.24. The lowest BCUT2D eigenvalue weighted by Gasteiger charge is -2.34. The monoisotopic (exact) mass is 341 g/mol. The number of nitrogens with zero attached hydrogens (tertiary/aromatic N) is 1. The Bertz CT molecular complexity index is 672. The molecular formula is C15H20FN3O3S. The highest BCUT2D eigenvalue weighted by atomic mass is 32.2. The van der Waals surface area contributed by atoms with Gasteiger partial charge in [-0.2, -0.15) is 17.4 Å². The molecule has 3 rings (SSSR count). The first kappa shape index (κ1) is 16.4. The second kappa shape index (κ2) is 6.54. The van der Waals surface area contributed by atoms with Gasteiger partial charge in [0.25, 0.3) is 10.2 Å². The highest BCUT2D eigenvalue weighted by Gasteiger charge is 2.39. The standard InChI is InChI=1S/C15H20FN3O3S/c16-12-7-5-11(6-8-12)14-15(20)17-9-10-19(14)23(21,22)18-13-3-1-2-4-13/h5-8,13-14,18H,1-4,9-10H2,(H,17,20). The lowest BCUT2D eigenvalue weighted by atomic mass is 10.0. The van der Waals surface area contributed by atoms with Gasteiger partial charge in [-0.05, 0) is 30.5 Å². The van der Waals surface area contributed by atoms with Gasteiger partial charge in [-0.25, -0.2) is 4.39 Å². The minimum absolute atomic E-state index is 0.0705. The summed E-state index contributed by atoms with van der Waals surface area (Å²) in [5.74, 6) is -0.817. The molecule has 1 saturated carbocycles. The minimum atomic E-state index is -3.78. The Hall–Kier alpha value is -1.51. The van der Waals surface area contributed by atoms with Gasteiger partial charge in [-0.1, -0.05) is 25.0 Å². The predicted octanol–water partition coefficient (Wildman–Crippen LogP) is 1.08. The van der Waals surface area contributed by atoms with Gasteiger partial charge < -0.3 is 5.32 Å². The van der Waals surface area contributed by atoms with Gasteiger partial charge in [0.15, 0.2) is 0 Å². The van der Waals surface area contributed by atoms with Crippen LogP contribution >= 0.6 is 0 Å². The molecule has 2 N–H and O–H groups in total. The number of hydrogen-bond acceptors (Lipinski definition) is 3. The third-order valence-corrected chi connectivity index (χ3v) is 5.98. The molecule has 8 heteroatoms. The summed E-state index contributed by atoms with van der Waals surface area (Å²) in [4.78, 5) is 12.2. The van der Waals surface area contributed by atoms with E-state index in [1.54, 1.807) is 0 Å². The number of benzene rings is 1. The van der Waals surface area contributed by atoms with Gasteiger partial charge >= 0.3 is 0 Å². The molecule has 6 nitrogen and oxygen atoms in total. The van der Waals surface area contributed by atoms with Crippen molar-refractivity contribution in [2.45, 2.75) is 37.8 Å². The Morgan fingerprint density at radius 3 is 2.48 bits per heavy atom. The van der Waals surface area contributed by atoms with Crippen LogP contribution in [0.15, 0.2) is 24.3 Å². The van der Waals surface area contributed by atoms with Crippen LogP contribution in [0.3, 0.4) is 0 Å². The molecule has 1 saturated heterocycles. The van der Waals surface area contributed by atoms with Crippen molar-refractivity contribution in [3.8, 4) is 0 Å². The molecule has 1 aromatic rings. The summed E-state index contributed by atoms with van der Waals surface area (Å²) < 4.78 is 42.4. The molecule has 2 aliphatic rings. The lowest BCUT2D eigenvalue weighted by Crippen LogP contribution is -2.56. The number of carbonyl (C=O) groups is 1. The lowest BCUT2D eigenvalue weighted by molar-refractivity contribution is -0.126. The van der Waals surface area contributed by atoms with Gasteiger partial charge in [-0.15, -0.1) is 0 Å². The van der Waals surface area contributed by atoms with Crippen molar-refractivity contribution in [3.63, 3.8) is 0 Å². The van der Waals surface area contributed by atoms with E-state index in [-0.39, 0.29) is 25.0 Å². The van der Waals surface area contributed by atoms with Gasteiger partial charge in [0.1, 0.15) is 11.9 Å². The molecule has 1 atom stereocenters. The summed E-state index contributed by atoms with van der Waals surface area (Å²) in [5, 5.41) is 2.67. The molecule has 0 aromatic heterocycles. The summed E-state index contributed by atoms with van der Waals surface area (Å²) >= 11 is 0. The van der Waals surface area contributed by atoms with E-state index in [0.29, 0.717) is 5.56 Å². The van der Waals surface area contributed by atoms with Crippen molar-refractivity contribution in [1.29, 1.82) is 0 Å². The summed E-state index contributed by atoms with van der Waals surface area (Å²) in [5.41, 5.74) is 0.459. The fraction of sp³-hybridized carbons (Fsp3) is 0.533. The Labute approximate surface area is 135 Å². The maximum Gasteiger partial charge on any atom is 0.280 e. The molecule has 1 aliphatic carbocycles. The highest BCUT2D eigenvalue weighted by molar-refractivity contribution is 7.87. The zero-order valence-electron chi connectivity index (χ0n) is 12.7. The average molecular weight is 341 g/mol. The zero-order valence-corrected chi connectivity index (χ0v) is 13.5. The molecule has 2 fully saturated rings. The van der Waals surface area contributed by atoms with Crippen LogP contribution < -0.4 is 10.0 Å². The van der Waals surface area contributed by atoms with E-state index in [4.69, 9.17) is 0 Å². The topological polar surface area (TPSA) is 78.5 Å². The molecule has 1 aliphatic heterocycles. The van der Waals surface area contributed by atoms with Crippen molar-refractivity contribution in [2.24, 2.45) is 0 Å². The van der Waals surface area contributed by atoms with Gasteiger partial charge in [0.2, 0.25) is 5.91 Å². The van der Waals surface area contributed by atoms with Crippen LogP contribution in [0, 0.1) is 5.82 Å². The van der Waals surface area contributed by atoms with Crippen LogP contribution in [0.5, 0.6) is 0 Å². The molecule has 0 spiro atoms. The van der Waals surface area contributed by atoms with E-state index >= 15 is 0 Å². The maximum atomic E-state index is 13.1. The second-order valence-corrected chi connectivity index (χ2v) is 7.61. The molecule has 0 radical (unpaired) electrons. The van der Waals surface area contributed by atoms with Gasteiger partial charge in [0, 0.05) is 19.1 Å². The van der Waals surface area contributed by atoms with Crippen molar-refractivity contribution in [1.82, 2.24) is 14.3 Å². The normalized spacial score (nSPS) is 23.9. The third kappa shape index (κ3) is 3.54. The number of amides is 1. The SMILES string of the molecule is O=C1NCCN(S(=O)(=O)NC2CCCC2)C1c1ccc(F)cc1. The van der Waals surface area contributed by atoms with E-state index in [2.05, 4.69) is 10.0 Å². The smallest absolute Gasteiger partial charge is 0.280 e.